The van der Waals surface area contributed by atoms with Crippen molar-refractivity contribution in [3.63, 3.8) is 0 Å². The zero-order valence-electron chi connectivity index (χ0n) is 12.5. The first-order valence-corrected chi connectivity index (χ1v) is 8.18. The van der Waals surface area contributed by atoms with Gasteiger partial charge in [-0.3, -0.25) is 4.98 Å². The first-order valence-electron chi connectivity index (χ1n) is 8.18. The standard InChI is InChI=1S/C17H26N2O/c1-2-13-4-3-5-16(10-13)20-17-12-18-9-8-14(17)11-19-15-6-7-15/h8-9,12-13,15-16,19H,2-7,10-11H2,1H3. The maximum absolute atomic E-state index is 6.27. The van der Waals surface area contributed by atoms with Gasteiger partial charge in [-0.1, -0.05) is 19.8 Å². The van der Waals surface area contributed by atoms with E-state index in [4.69, 9.17) is 4.74 Å². The molecular formula is C17H26N2O. The van der Waals surface area contributed by atoms with E-state index in [1.54, 1.807) is 0 Å². The van der Waals surface area contributed by atoms with Gasteiger partial charge in [-0.2, -0.15) is 0 Å². The molecule has 1 aromatic heterocycles. The molecule has 3 rings (SSSR count). The van der Waals surface area contributed by atoms with Crippen molar-refractivity contribution in [2.45, 2.75) is 70.6 Å². The van der Waals surface area contributed by atoms with E-state index in [-0.39, 0.29) is 0 Å². The molecule has 0 bridgehead atoms. The van der Waals surface area contributed by atoms with Gasteiger partial charge in [0.15, 0.2) is 0 Å². The molecule has 0 aliphatic heterocycles. The average Bonchev–Trinajstić information content (AvgIpc) is 3.31. The van der Waals surface area contributed by atoms with Gasteiger partial charge in [0.25, 0.3) is 0 Å². The quantitative estimate of drug-likeness (QED) is 0.859. The normalized spacial score (nSPS) is 26.4. The van der Waals surface area contributed by atoms with Crippen LogP contribution in [-0.2, 0) is 6.54 Å². The lowest BCUT2D eigenvalue weighted by Gasteiger charge is -2.29. The van der Waals surface area contributed by atoms with Crippen LogP contribution in [0, 0.1) is 5.92 Å². The highest BCUT2D eigenvalue weighted by Gasteiger charge is 2.24. The Labute approximate surface area is 122 Å². The number of pyridine rings is 1. The molecule has 2 saturated carbocycles. The van der Waals surface area contributed by atoms with Crippen molar-refractivity contribution in [3.05, 3.63) is 24.0 Å². The van der Waals surface area contributed by atoms with E-state index >= 15 is 0 Å². The predicted molar refractivity (Wildman–Crippen MR) is 80.8 cm³/mol. The Morgan fingerprint density at radius 3 is 3.00 bits per heavy atom. The Bertz CT molecular complexity index is 431. The summed E-state index contributed by atoms with van der Waals surface area (Å²) in [5.74, 6) is 1.83. The lowest BCUT2D eigenvalue weighted by molar-refractivity contribution is 0.120. The van der Waals surface area contributed by atoms with Crippen LogP contribution in [0.25, 0.3) is 0 Å². The molecule has 0 saturated heterocycles. The van der Waals surface area contributed by atoms with Crippen molar-refractivity contribution in [2.75, 3.05) is 0 Å². The van der Waals surface area contributed by atoms with Crippen LogP contribution < -0.4 is 10.1 Å². The molecule has 1 heterocycles. The van der Waals surface area contributed by atoms with E-state index in [0.717, 1.165) is 24.3 Å². The Hall–Kier alpha value is -1.09. The Kier molecular flexibility index (Phi) is 4.56. The van der Waals surface area contributed by atoms with Crippen molar-refractivity contribution in [1.29, 1.82) is 0 Å². The lowest BCUT2D eigenvalue weighted by atomic mass is 9.85. The van der Waals surface area contributed by atoms with Crippen molar-refractivity contribution in [2.24, 2.45) is 5.92 Å². The van der Waals surface area contributed by atoms with Crippen LogP contribution in [0.3, 0.4) is 0 Å². The number of nitrogens with one attached hydrogen (secondary N) is 1. The molecular weight excluding hydrogens is 248 g/mol. The highest BCUT2D eigenvalue weighted by Crippen LogP contribution is 2.30. The smallest absolute Gasteiger partial charge is 0.142 e. The lowest BCUT2D eigenvalue weighted by Crippen LogP contribution is -2.26. The van der Waals surface area contributed by atoms with Crippen LogP contribution >= 0.6 is 0 Å². The zero-order chi connectivity index (χ0) is 13.8. The van der Waals surface area contributed by atoms with Gasteiger partial charge in [-0.25, -0.2) is 0 Å². The molecule has 0 amide bonds. The molecule has 0 aromatic carbocycles. The molecule has 3 heteroatoms. The Morgan fingerprint density at radius 1 is 1.30 bits per heavy atom. The van der Waals surface area contributed by atoms with Gasteiger partial charge in [0, 0.05) is 24.3 Å². The predicted octanol–water partition coefficient (Wildman–Crippen LogP) is 3.68. The second-order valence-corrected chi connectivity index (χ2v) is 6.32. The number of aromatic nitrogens is 1. The number of hydrogen-bond donors (Lipinski definition) is 1. The van der Waals surface area contributed by atoms with E-state index in [1.807, 2.05) is 12.4 Å². The molecule has 20 heavy (non-hydrogen) atoms. The first-order chi connectivity index (χ1) is 9.85. The SMILES string of the molecule is CCC1CCCC(Oc2cnccc2CNC2CC2)C1. The third-order valence-corrected chi connectivity index (χ3v) is 4.63. The number of ether oxygens (including phenoxy) is 1. The second kappa shape index (κ2) is 6.57. The highest BCUT2D eigenvalue weighted by atomic mass is 16.5. The summed E-state index contributed by atoms with van der Waals surface area (Å²) in [7, 11) is 0. The molecule has 2 unspecified atom stereocenters. The minimum Gasteiger partial charge on any atom is -0.488 e. The topological polar surface area (TPSA) is 34.1 Å². The average molecular weight is 274 g/mol. The Morgan fingerprint density at radius 2 is 2.20 bits per heavy atom. The van der Waals surface area contributed by atoms with Crippen LogP contribution in [0.2, 0.25) is 0 Å². The summed E-state index contributed by atoms with van der Waals surface area (Å²) >= 11 is 0. The third kappa shape index (κ3) is 3.72. The minimum absolute atomic E-state index is 0.387. The van der Waals surface area contributed by atoms with Crippen LogP contribution in [0.1, 0.15) is 57.4 Å². The fraction of sp³-hybridized carbons (Fsp3) is 0.706. The van der Waals surface area contributed by atoms with Crippen LogP contribution in [0.15, 0.2) is 18.5 Å². The van der Waals surface area contributed by atoms with Crippen LogP contribution in [-0.4, -0.2) is 17.1 Å². The van der Waals surface area contributed by atoms with Crippen molar-refractivity contribution >= 4 is 0 Å². The number of hydrogen-bond acceptors (Lipinski definition) is 3. The minimum atomic E-state index is 0.387. The fourth-order valence-electron chi connectivity index (χ4n) is 3.10. The summed E-state index contributed by atoms with van der Waals surface area (Å²) in [6, 6.07) is 2.82. The monoisotopic (exact) mass is 274 g/mol. The maximum atomic E-state index is 6.27. The van der Waals surface area contributed by atoms with Gasteiger partial charge in [0.05, 0.1) is 12.3 Å². The van der Waals surface area contributed by atoms with Crippen molar-refractivity contribution in [3.8, 4) is 5.75 Å². The van der Waals surface area contributed by atoms with Gasteiger partial charge in [-0.15, -0.1) is 0 Å². The summed E-state index contributed by atoms with van der Waals surface area (Å²) < 4.78 is 6.27. The van der Waals surface area contributed by atoms with Crippen molar-refractivity contribution in [1.82, 2.24) is 10.3 Å². The molecule has 0 spiro atoms. The van der Waals surface area contributed by atoms with Gasteiger partial charge in [-0.05, 0) is 44.1 Å². The van der Waals surface area contributed by atoms with Gasteiger partial charge >= 0.3 is 0 Å². The maximum Gasteiger partial charge on any atom is 0.142 e. The zero-order valence-corrected chi connectivity index (χ0v) is 12.5. The molecule has 2 fully saturated rings. The summed E-state index contributed by atoms with van der Waals surface area (Å²) in [5.41, 5.74) is 1.26. The van der Waals surface area contributed by atoms with E-state index in [9.17, 15) is 0 Å². The number of rotatable bonds is 6. The highest BCUT2D eigenvalue weighted by molar-refractivity contribution is 5.30. The van der Waals surface area contributed by atoms with Gasteiger partial charge in [0.1, 0.15) is 5.75 Å². The molecule has 3 nitrogen and oxygen atoms in total. The van der Waals surface area contributed by atoms with E-state index in [1.165, 1.54) is 50.5 Å². The summed E-state index contributed by atoms with van der Waals surface area (Å²) in [6.07, 6.45) is 13.2. The summed E-state index contributed by atoms with van der Waals surface area (Å²) in [4.78, 5) is 4.24. The Balaban J connectivity index is 1.60. The molecule has 2 aliphatic rings. The largest absolute Gasteiger partial charge is 0.488 e. The first kappa shape index (κ1) is 13.9. The summed E-state index contributed by atoms with van der Waals surface area (Å²) in [5, 5.41) is 3.56. The van der Waals surface area contributed by atoms with E-state index < -0.39 is 0 Å². The molecule has 2 atom stereocenters. The van der Waals surface area contributed by atoms with Crippen LogP contribution in [0.5, 0.6) is 5.75 Å². The third-order valence-electron chi connectivity index (χ3n) is 4.63. The molecule has 110 valence electrons. The fourth-order valence-corrected chi connectivity index (χ4v) is 3.10. The van der Waals surface area contributed by atoms with E-state index in [2.05, 4.69) is 23.3 Å². The second-order valence-electron chi connectivity index (χ2n) is 6.32. The summed E-state index contributed by atoms with van der Waals surface area (Å²) in [6.45, 7) is 3.20. The molecule has 0 radical (unpaired) electrons. The molecule has 2 aliphatic carbocycles. The van der Waals surface area contributed by atoms with E-state index in [0.29, 0.717) is 6.10 Å². The molecule has 1 N–H and O–H groups in total. The van der Waals surface area contributed by atoms with Gasteiger partial charge < -0.3 is 10.1 Å². The number of nitrogens with zero attached hydrogens (tertiary/aromatic N) is 1. The van der Waals surface area contributed by atoms with Crippen molar-refractivity contribution < 1.29 is 4.74 Å². The van der Waals surface area contributed by atoms with Crippen LogP contribution in [0.4, 0.5) is 0 Å². The molecule has 1 aromatic rings. The van der Waals surface area contributed by atoms with Gasteiger partial charge in [0.2, 0.25) is 0 Å².